The SMILES string of the molecule is CC(=O)NS(=O)(=O)c1ccccc1-c1ccc(CC(NC(=O)[C@@H](CS)C2CCCCC2)C(N)=O)cc1. The normalized spacial score (nSPS) is 16.1. The van der Waals surface area contributed by atoms with Crippen LogP contribution in [0.25, 0.3) is 11.1 Å². The number of rotatable bonds is 10. The van der Waals surface area contributed by atoms with E-state index in [9.17, 15) is 22.8 Å². The topological polar surface area (TPSA) is 135 Å². The van der Waals surface area contributed by atoms with Crippen LogP contribution in [0.5, 0.6) is 0 Å². The second kappa shape index (κ2) is 12.4. The van der Waals surface area contributed by atoms with Crippen molar-refractivity contribution in [1.29, 1.82) is 0 Å². The van der Waals surface area contributed by atoms with E-state index in [1.54, 1.807) is 42.5 Å². The maximum absolute atomic E-state index is 13.0. The Morgan fingerprint density at radius 3 is 2.25 bits per heavy atom. The van der Waals surface area contributed by atoms with E-state index >= 15 is 0 Å². The summed E-state index contributed by atoms with van der Waals surface area (Å²) < 4.78 is 27.2. The van der Waals surface area contributed by atoms with Gasteiger partial charge in [-0.2, -0.15) is 12.6 Å². The van der Waals surface area contributed by atoms with Gasteiger partial charge in [0, 0.05) is 30.6 Å². The molecule has 3 rings (SSSR count). The number of amides is 3. The van der Waals surface area contributed by atoms with Crippen LogP contribution in [0.3, 0.4) is 0 Å². The third-order valence-electron chi connectivity index (χ3n) is 6.57. The van der Waals surface area contributed by atoms with Crippen LogP contribution in [-0.2, 0) is 30.8 Å². The number of carbonyl (C=O) groups is 3. The zero-order chi connectivity index (χ0) is 26.3. The van der Waals surface area contributed by atoms with E-state index in [1.807, 2.05) is 4.72 Å². The average molecular weight is 532 g/mol. The van der Waals surface area contributed by atoms with Gasteiger partial charge in [0.15, 0.2) is 0 Å². The first kappa shape index (κ1) is 27.7. The van der Waals surface area contributed by atoms with E-state index < -0.39 is 27.9 Å². The largest absolute Gasteiger partial charge is 0.368 e. The molecule has 2 atom stereocenters. The van der Waals surface area contributed by atoms with Gasteiger partial charge in [0.1, 0.15) is 6.04 Å². The number of hydrogen-bond acceptors (Lipinski definition) is 6. The molecule has 1 aliphatic rings. The monoisotopic (exact) mass is 531 g/mol. The molecule has 0 radical (unpaired) electrons. The lowest BCUT2D eigenvalue weighted by Gasteiger charge is -2.29. The summed E-state index contributed by atoms with van der Waals surface area (Å²) in [5, 5.41) is 2.82. The van der Waals surface area contributed by atoms with Crippen LogP contribution in [0.4, 0.5) is 0 Å². The lowest BCUT2D eigenvalue weighted by molar-refractivity contribution is -0.130. The van der Waals surface area contributed by atoms with Crippen molar-refractivity contribution in [3.05, 3.63) is 54.1 Å². The fraction of sp³-hybridized carbons (Fsp3) is 0.423. The molecule has 1 fully saturated rings. The van der Waals surface area contributed by atoms with Crippen LogP contribution >= 0.6 is 12.6 Å². The number of carbonyl (C=O) groups excluding carboxylic acids is 3. The number of primary amides is 1. The summed E-state index contributed by atoms with van der Waals surface area (Å²) in [4.78, 5) is 36.4. The first-order chi connectivity index (χ1) is 17.1. The van der Waals surface area contributed by atoms with Crippen LogP contribution in [0, 0.1) is 11.8 Å². The van der Waals surface area contributed by atoms with Gasteiger partial charge in [-0.25, -0.2) is 13.1 Å². The molecule has 2 aromatic carbocycles. The second-order valence-corrected chi connectivity index (χ2v) is 11.2. The summed E-state index contributed by atoms with van der Waals surface area (Å²) in [5.41, 5.74) is 7.41. The lowest BCUT2D eigenvalue weighted by Crippen LogP contribution is -2.49. The Morgan fingerprint density at radius 1 is 1.03 bits per heavy atom. The number of benzene rings is 2. The van der Waals surface area contributed by atoms with E-state index in [-0.39, 0.29) is 29.1 Å². The van der Waals surface area contributed by atoms with E-state index in [4.69, 9.17) is 5.73 Å². The van der Waals surface area contributed by atoms with Gasteiger partial charge in [-0.1, -0.05) is 61.7 Å². The highest BCUT2D eigenvalue weighted by molar-refractivity contribution is 7.90. The minimum Gasteiger partial charge on any atom is -0.368 e. The molecule has 0 saturated heterocycles. The minimum absolute atomic E-state index is 0.0178. The summed E-state index contributed by atoms with van der Waals surface area (Å²) in [6.45, 7) is 1.14. The van der Waals surface area contributed by atoms with Gasteiger partial charge in [-0.3, -0.25) is 14.4 Å². The molecule has 0 spiro atoms. The first-order valence-corrected chi connectivity index (χ1v) is 14.2. The second-order valence-electron chi connectivity index (χ2n) is 9.21. The fourth-order valence-electron chi connectivity index (χ4n) is 4.72. The van der Waals surface area contributed by atoms with Crippen LogP contribution in [-0.4, -0.2) is 37.9 Å². The van der Waals surface area contributed by atoms with E-state index in [1.165, 1.54) is 12.5 Å². The van der Waals surface area contributed by atoms with Crippen molar-refractivity contribution in [3.8, 4) is 11.1 Å². The maximum Gasteiger partial charge on any atom is 0.264 e. The molecule has 2 aromatic rings. The molecule has 4 N–H and O–H groups in total. The van der Waals surface area contributed by atoms with Gasteiger partial charge >= 0.3 is 0 Å². The predicted molar refractivity (Wildman–Crippen MR) is 142 cm³/mol. The van der Waals surface area contributed by atoms with Crippen molar-refractivity contribution >= 4 is 40.4 Å². The van der Waals surface area contributed by atoms with Gasteiger partial charge in [0.2, 0.25) is 17.7 Å². The van der Waals surface area contributed by atoms with Gasteiger partial charge in [-0.05, 0) is 36.0 Å². The number of sulfonamides is 1. The molecule has 1 saturated carbocycles. The van der Waals surface area contributed by atoms with E-state index in [0.29, 0.717) is 16.9 Å². The molecule has 8 nitrogen and oxygen atoms in total. The Hall–Kier alpha value is -2.85. The highest BCUT2D eigenvalue weighted by atomic mass is 32.2. The summed E-state index contributed by atoms with van der Waals surface area (Å²) in [6.07, 6.45) is 5.56. The highest BCUT2D eigenvalue weighted by Crippen LogP contribution is 2.31. The molecule has 0 bridgehead atoms. The quantitative estimate of drug-likeness (QED) is 0.350. The van der Waals surface area contributed by atoms with Crippen molar-refractivity contribution in [1.82, 2.24) is 10.0 Å². The number of thiol groups is 1. The molecule has 0 aromatic heterocycles. The molecule has 1 aliphatic carbocycles. The van der Waals surface area contributed by atoms with Crippen molar-refractivity contribution in [2.75, 3.05) is 5.75 Å². The van der Waals surface area contributed by atoms with Gasteiger partial charge in [-0.15, -0.1) is 0 Å². The van der Waals surface area contributed by atoms with Crippen LogP contribution in [0.2, 0.25) is 0 Å². The Labute approximate surface area is 217 Å². The van der Waals surface area contributed by atoms with Crippen LogP contribution in [0.15, 0.2) is 53.4 Å². The smallest absolute Gasteiger partial charge is 0.264 e. The fourth-order valence-corrected chi connectivity index (χ4v) is 6.41. The van der Waals surface area contributed by atoms with Gasteiger partial charge in [0.25, 0.3) is 10.0 Å². The molecule has 194 valence electrons. The Balaban J connectivity index is 1.76. The third-order valence-corrected chi connectivity index (χ3v) is 8.46. The molecule has 3 amide bonds. The molecule has 0 aliphatic heterocycles. The number of nitrogens with one attached hydrogen (secondary N) is 2. The first-order valence-electron chi connectivity index (χ1n) is 12.0. The summed E-state index contributed by atoms with van der Waals surface area (Å²) in [5.74, 6) is -1.09. The number of nitrogens with two attached hydrogens (primary N) is 1. The summed E-state index contributed by atoms with van der Waals surface area (Å²) in [6, 6.07) is 12.5. The third kappa shape index (κ3) is 7.10. The zero-order valence-corrected chi connectivity index (χ0v) is 22.0. The molecule has 36 heavy (non-hydrogen) atoms. The molecule has 0 heterocycles. The molecular formula is C26H33N3O5S2. The van der Waals surface area contributed by atoms with Crippen LogP contribution < -0.4 is 15.8 Å². The zero-order valence-electron chi connectivity index (χ0n) is 20.3. The van der Waals surface area contributed by atoms with Gasteiger partial charge in [0.05, 0.1) is 4.90 Å². The summed E-state index contributed by atoms with van der Waals surface area (Å²) in [7, 11) is -4.03. The molecule has 1 unspecified atom stereocenters. The maximum atomic E-state index is 13.0. The van der Waals surface area contributed by atoms with Crippen molar-refractivity contribution in [3.63, 3.8) is 0 Å². The van der Waals surface area contributed by atoms with Crippen molar-refractivity contribution in [2.24, 2.45) is 17.6 Å². The van der Waals surface area contributed by atoms with Crippen molar-refractivity contribution in [2.45, 2.75) is 56.4 Å². The standard InChI is InChI=1S/C26H33N3O5S2/c1-17(30)29-36(33,34)24-10-6-5-9-21(24)20-13-11-18(12-14-20)15-23(25(27)31)28-26(32)22(16-35)19-7-3-2-4-8-19/h5-6,9-14,19,22-23,35H,2-4,7-8,15-16H2,1H3,(H2,27,31)(H,28,32)(H,29,30)/t22-,23?/m0/s1. The minimum atomic E-state index is -4.03. The van der Waals surface area contributed by atoms with E-state index in [0.717, 1.165) is 38.2 Å². The Morgan fingerprint density at radius 2 is 1.67 bits per heavy atom. The molecular weight excluding hydrogens is 498 g/mol. The Kier molecular flexibility index (Phi) is 9.56. The van der Waals surface area contributed by atoms with E-state index in [2.05, 4.69) is 17.9 Å². The summed E-state index contributed by atoms with van der Waals surface area (Å²) >= 11 is 4.39. The highest BCUT2D eigenvalue weighted by Gasteiger charge is 2.31. The van der Waals surface area contributed by atoms with Crippen LogP contribution in [0.1, 0.15) is 44.6 Å². The van der Waals surface area contributed by atoms with Gasteiger partial charge < -0.3 is 11.1 Å². The average Bonchev–Trinajstić information content (AvgIpc) is 2.84. The lowest BCUT2D eigenvalue weighted by atomic mass is 9.80. The molecule has 10 heteroatoms. The predicted octanol–water partition coefficient (Wildman–Crippen LogP) is 2.82. The number of hydrogen-bond donors (Lipinski definition) is 4. The Bertz CT molecular complexity index is 1190. The van der Waals surface area contributed by atoms with Crippen molar-refractivity contribution < 1.29 is 22.8 Å².